The zero-order valence-corrected chi connectivity index (χ0v) is 17.6. The van der Waals surface area contributed by atoms with E-state index in [1.165, 1.54) is 18.2 Å². The minimum absolute atomic E-state index is 0.0268. The van der Waals surface area contributed by atoms with Gasteiger partial charge < -0.3 is 11.1 Å². The Kier molecular flexibility index (Phi) is 6.93. The van der Waals surface area contributed by atoms with Crippen LogP contribution in [0.15, 0.2) is 54.6 Å². The van der Waals surface area contributed by atoms with Crippen molar-refractivity contribution in [1.82, 2.24) is 10.3 Å². The highest BCUT2D eigenvalue weighted by Crippen LogP contribution is 2.31. The predicted molar refractivity (Wildman–Crippen MR) is 114 cm³/mol. The largest absolute Gasteiger partial charge is 0.433 e. The number of hydrogen-bond donors (Lipinski definition) is 2. The van der Waals surface area contributed by atoms with Gasteiger partial charge in [-0.25, -0.2) is 9.37 Å². The lowest BCUT2D eigenvalue weighted by molar-refractivity contribution is -0.141. The second kappa shape index (κ2) is 9.48. The number of carbonyl (C=O) groups is 1. The highest BCUT2D eigenvalue weighted by Gasteiger charge is 2.33. The molecule has 0 saturated heterocycles. The van der Waals surface area contributed by atoms with Gasteiger partial charge in [0.2, 0.25) is 5.91 Å². The molecule has 0 fully saturated rings. The third kappa shape index (κ3) is 5.31. The Morgan fingerprint density at radius 1 is 1.09 bits per heavy atom. The van der Waals surface area contributed by atoms with Gasteiger partial charge in [-0.1, -0.05) is 42.0 Å². The first-order valence-corrected chi connectivity index (χ1v) is 10.0. The van der Waals surface area contributed by atoms with Crippen LogP contribution in [0.3, 0.4) is 0 Å². The molecule has 8 heteroatoms. The lowest BCUT2D eigenvalue weighted by atomic mass is 9.98. The summed E-state index contributed by atoms with van der Waals surface area (Å²) in [5.41, 5.74) is 7.25. The SMILES string of the molecule is Cc1cccc(-c2nc(C(F)(F)F)ccc2CNC(=O)C(C)c2ccc(CN)c(F)c2)c1. The van der Waals surface area contributed by atoms with Crippen LogP contribution in [0.4, 0.5) is 17.6 Å². The van der Waals surface area contributed by atoms with Crippen molar-refractivity contribution in [2.75, 3.05) is 0 Å². The van der Waals surface area contributed by atoms with Crippen molar-refractivity contribution in [2.45, 2.75) is 39.0 Å². The molecule has 168 valence electrons. The van der Waals surface area contributed by atoms with Crippen molar-refractivity contribution >= 4 is 5.91 Å². The summed E-state index contributed by atoms with van der Waals surface area (Å²) in [5, 5.41) is 2.72. The molecule has 4 nitrogen and oxygen atoms in total. The number of nitrogens with one attached hydrogen (secondary N) is 1. The molecule has 1 aromatic heterocycles. The number of nitrogens with two attached hydrogens (primary N) is 1. The first kappa shape index (κ1) is 23.4. The smallest absolute Gasteiger partial charge is 0.351 e. The zero-order chi connectivity index (χ0) is 23.5. The molecule has 0 bridgehead atoms. The Bertz CT molecular complexity index is 1130. The fourth-order valence-corrected chi connectivity index (χ4v) is 3.32. The molecule has 3 N–H and O–H groups in total. The minimum atomic E-state index is -4.59. The van der Waals surface area contributed by atoms with Crippen LogP contribution in [0.2, 0.25) is 0 Å². The van der Waals surface area contributed by atoms with Crippen molar-refractivity contribution in [2.24, 2.45) is 5.73 Å². The van der Waals surface area contributed by atoms with Gasteiger partial charge in [0.15, 0.2) is 0 Å². The summed E-state index contributed by atoms with van der Waals surface area (Å²) in [6.07, 6.45) is -4.59. The van der Waals surface area contributed by atoms with Gasteiger partial charge >= 0.3 is 6.18 Å². The number of nitrogens with zero attached hydrogens (tertiary/aromatic N) is 1. The summed E-state index contributed by atoms with van der Waals surface area (Å²) in [7, 11) is 0. The van der Waals surface area contributed by atoms with E-state index in [0.29, 0.717) is 22.3 Å². The molecular formula is C24H23F4N3O. The van der Waals surface area contributed by atoms with Gasteiger partial charge in [0.1, 0.15) is 11.5 Å². The van der Waals surface area contributed by atoms with Gasteiger partial charge in [-0.05, 0) is 43.2 Å². The van der Waals surface area contributed by atoms with E-state index in [-0.39, 0.29) is 24.7 Å². The highest BCUT2D eigenvalue weighted by atomic mass is 19.4. The molecule has 0 aliphatic rings. The van der Waals surface area contributed by atoms with Crippen LogP contribution in [0.25, 0.3) is 11.3 Å². The maximum atomic E-state index is 14.0. The van der Waals surface area contributed by atoms with Gasteiger partial charge in [-0.2, -0.15) is 13.2 Å². The quantitative estimate of drug-likeness (QED) is 0.519. The number of aromatic nitrogens is 1. The van der Waals surface area contributed by atoms with E-state index >= 15 is 0 Å². The Morgan fingerprint density at radius 3 is 2.44 bits per heavy atom. The van der Waals surface area contributed by atoms with Crippen molar-refractivity contribution in [3.8, 4) is 11.3 Å². The van der Waals surface area contributed by atoms with E-state index in [1.807, 2.05) is 13.0 Å². The van der Waals surface area contributed by atoms with Crippen molar-refractivity contribution in [3.63, 3.8) is 0 Å². The number of amides is 1. The summed E-state index contributed by atoms with van der Waals surface area (Å²) in [4.78, 5) is 16.5. The minimum Gasteiger partial charge on any atom is -0.351 e. The van der Waals surface area contributed by atoms with Crippen LogP contribution in [-0.2, 0) is 24.1 Å². The van der Waals surface area contributed by atoms with Gasteiger partial charge in [-0.3, -0.25) is 4.79 Å². The van der Waals surface area contributed by atoms with Crippen LogP contribution in [-0.4, -0.2) is 10.9 Å². The topological polar surface area (TPSA) is 68.0 Å². The van der Waals surface area contributed by atoms with Crippen molar-refractivity contribution in [3.05, 3.63) is 88.4 Å². The zero-order valence-electron chi connectivity index (χ0n) is 17.6. The van der Waals surface area contributed by atoms with E-state index in [4.69, 9.17) is 5.73 Å². The molecule has 0 aliphatic heterocycles. The lowest BCUT2D eigenvalue weighted by Crippen LogP contribution is -2.28. The number of benzene rings is 2. The van der Waals surface area contributed by atoms with Gasteiger partial charge in [-0.15, -0.1) is 0 Å². The molecule has 1 heterocycles. The molecule has 0 saturated carbocycles. The average Bonchev–Trinajstić information content (AvgIpc) is 2.76. The number of carbonyl (C=O) groups excluding carboxylic acids is 1. The maximum Gasteiger partial charge on any atom is 0.433 e. The standard InChI is InChI=1S/C24H23F4N3O/c1-14-4-3-5-17(10-14)22-19(8-9-21(31-22)24(26,27)28)13-30-23(32)15(2)16-6-7-18(12-29)20(25)11-16/h3-11,15H,12-13,29H2,1-2H3,(H,30,32). The number of alkyl halides is 3. The molecule has 0 spiro atoms. The fourth-order valence-electron chi connectivity index (χ4n) is 3.32. The van der Waals surface area contributed by atoms with Gasteiger partial charge in [0.25, 0.3) is 0 Å². The number of halogens is 4. The first-order chi connectivity index (χ1) is 15.1. The average molecular weight is 445 g/mol. The molecule has 1 atom stereocenters. The summed E-state index contributed by atoms with van der Waals surface area (Å²) in [6, 6.07) is 13.6. The van der Waals surface area contributed by atoms with Crippen LogP contribution >= 0.6 is 0 Å². The van der Waals surface area contributed by atoms with E-state index in [0.717, 1.165) is 11.6 Å². The van der Waals surface area contributed by atoms with E-state index in [9.17, 15) is 22.4 Å². The van der Waals surface area contributed by atoms with Gasteiger partial charge in [0.05, 0.1) is 11.6 Å². The Morgan fingerprint density at radius 2 is 1.81 bits per heavy atom. The molecule has 2 aromatic carbocycles. The summed E-state index contributed by atoms with van der Waals surface area (Å²) in [6.45, 7) is 3.48. The molecule has 32 heavy (non-hydrogen) atoms. The number of rotatable bonds is 6. The molecule has 0 aliphatic carbocycles. The second-order valence-corrected chi connectivity index (χ2v) is 7.57. The second-order valence-electron chi connectivity index (χ2n) is 7.57. The monoisotopic (exact) mass is 445 g/mol. The van der Waals surface area contributed by atoms with Crippen LogP contribution < -0.4 is 11.1 Å². The Balaban J connectivity index is 1.85. The molecule has 3 rings (SSSR count). The fraction of sp³-hybridized carbons (Fsp3) is 0.250. The maximum absolute atomic E-state index is 14.0. The molecular weight excluding hydrogens is 422 g/mol. The lowest BCUT2D eigenvalue weighted by Gasteiger charge is -2.16. The van der Waals surface area contributed by atoms with Crippen LogP contribution in [0, 0.1) is 12.7 Å². The molecule has 1 unspecified atom stereocenters. The number of aryl methyl sites for hydroxylation is 1. The summed E-state index contributed by atoms with van der Waals surface area (Å²) >= 11 is 0. The number of hydrogen-bond acceptors (Lipinski definition) is 3. The normalized spacial score (nSPS) is 12.5. The van der Waals surface area contributed by atoms with Crippen molar-refractivity contribution < 1.29 is 22.4 Å². The van der Waals surface area contributed by atoms with E-state index in [2.05, 4.69) is 10.3 Å². The third-order valence-electron chi connectivity index (χ3n) is 5.20. The van der Waals surface area contributed by atoms with Crippen LogP contribution in [0.5, 0.6) is 0 Å². The molecule has 0 radical (unpaired) electrons. The van der Waals surface area contributed by atoms with Crippen LogP contribution in [0.1, 0.15) is 40.8 Å². The first-order valence-electron chi connectivity index (χ1n) is 10.0. The van der Waals surface area contributed by atoms with E-state index < -0.39 is 23.6 Å². The summed E-state index contributed by atoms with van der Waals surface area (Å²) in [5.74, 6) is -1.54. The Hall–Kier alpha value is -3.26. The highest BCUT2D eigenvalue weighted by molar-refractivity contribution is 5.83. The van der Waals surface area contributed by atoms with Gasteiger partial charge in [0, 0.05) is 24.2 Å². The van der Waals surface area contributed by atoms with E-state index in [1.54, 1.807) is 31.2 Å². The number of pyridine rings is 1. The third-order valence-corrected chi connectivity index (χ3v) is 5.20. The molecule has 1 amide bonds. The predicted octanol–water partition coefficient (Wildman–Crippen LogP) is 5.09. The molecule has 3 aromatic rings. The summed E-state index contributed by atoms with van der Waals surface area (Å²) < 4.78 is 53.7. The van der Waals surface area contributed by atoms with Crippen molar-refractivity contribution in [1.29, 1.82) is 0 Å². The Labute approximate surface area is 183 Å².